The van der Waals surface area contributed by atoms with E-state index < -0.39 is 28.5 Å². The van der Waals surface area contributed by atoms with Crippen molar-refractivity contribution < 1.29 is 22.5 Å². The van der Waals surface area contributed by atoms with Crippen LogP contribution in [0, 0.1) is 11.6 Å². The van der Waals surface area contributed by atoms with Gasteiger partial charge in [-0.1, -0.05) is 6.07 Å². The van der Waals surface area contributed by atoms with Crippen molar-refractivity contribution in [3.05, 3.63) is 78.0 Å². The van der Waals surface area contributed by atoms with Gasteiger partial charge in [0.1, 0.15) is 28.4 Å². The predicted octanol–water partition coefficient (Wildman–Crippen LogP) is 4.11. The number of hydrogen-bond acceptors (Lipinski definition) is 4. The molecule has 2 N–H and O–H groups in total. The van der Waals surface area contributed by atoms with E-state index in [1.165, 1.54) is 30.7 Å². The maximum absolute atomic E-state index is 13.6. The fraction of sp³-hybridized carbons (Fsp3) is 0.0526. The fourth-order valence-electron chi connectivity index (χ4n) is 2.28. The van der Waals surface area contributed by atoms with Crippen molar-refractivity contribution >= 4 is 28.4 Å². The van der Waals surface area contributed by atoms with Gasteiger partial charge in [0.25, 0.3) is 5.91 Å². The van der Waals surface area contributed by atoms with E-state index in [1.54, 1.807) is 24.3 Å². The highest BCUT2D eigenvalue weighted by molar-refractivity contribution is 7.85. The van der Waals surface area contributed by atoms with Crippen LogP contribution in [0.3, 0.4) is 0 Å². The third-order valence-corrected chi connectivity index (χ3v) is 4.01. The zero-order valence-corrected chi connectivity index (χ0v) is 15.4. The lowest BCUT2D eigenvalue weighted by molar-refractivity contribution is 0.102. The largest absolute Gasteiger partial charge is 0.453 e. The smallest absolute Gasteiger partial charge is 0.256 e. The van der Waals surface area contributed by atoms with E-state index >= 15 is 0 Å². The molecular weight excluding hydrogens is 388 g/mol. The van der Waals surface area contributed by atoms with Crippen LogP contribution < -0.4 is 14.8 Å². The number of halogens is 2. The van der Waals surface area contributed by atoms with Crippen LogP contribution in [0.4, 0.5) is 20.3 Å². The second-order valence-electron chi connectivity index (χ2n) is 5.65. The van der Waals surface area contributed by atoms with Crippen molar-refractivity contribution in [3.63, 3.8) is 0 Å². The number of amides is 1. The van der Waals surface area contributed by atoms with E-state index in [0.717, 1.165) is 6.07 Å². The lowest BCUT2D eigenvalue weighted by atomic mass is 10.2. The average Bonchev–Trinajstić information content (AvgIpc) is 2.65. The molecule has 0 aliphatic heterocycles. The first-order chi connectivity index (χ1) is 13.4. The third kappa shape index (κ3) is 5.10. The number of carbonyl (C=O) groups excluding carboxylic acids is 1. The summed E-state index contributed by atoms with van der Waals surface area (Å²) < 4.78 is 45.8. The van der Waals surface area contributed by atoms with Crippen LogP contribution in [-0.2, 0) is 11.0 Å². The topological polar surface area (TPSA) is 80.3 Å². The third-order valence-electron chi connectivity index (χ3n) is 3.49. The summed E-state index contributed by atoms with van der Waals surface area (Å²) in [5, 5.41) is 2.62. The van der Waals surface area contributed by atoms with Crippen LogP contribution in [-0.4, -0.2) is 21.4 Å². The number of carbonyl (C=O) groups is 1. The molecule has 0 saturated carbocycles. The van der Waals surface area contributed by atoms with Gasteiger partial charge in [0.05, 0.1) is 6.20 Å². The molecule has 6 nitrogen and oxygen atoms in total. The predicted molar refractivity (Wildman–Crippen MR) is 103 cm³/mol. The number of nitrogens with zero attached hydrogens (tertiary/aromatic N) is 1. The molecule has 144 valence electrons. The van der Waals surface area contributed by atoms with E-state index in [1.807, 2.05) is 0 Å². The summed E-state index contributed by atoms with van der Waals surface area (Å²) in [4.78, 5) is 16.4. The molecule has 0 spiro atoms. The quantitative estimate of drug-likeness (QED) is 0.649. The molecule has 1 heterocycles. The first-order valence-electron chi connectivity index (χ1n) is 8.01. The number of nitrogens with one attached hydrogen (secondary N) is 2. The second kappa shape index (κ2) is 8.57. The summed E-state index contributed by atoms with van der Waals surface area (Å²) in [5.41, 5.74) is 0.900. The minimum absolute atomic E-state index is 0.141. The SMILES string of the molecule is CS(=O)Nc1cccc(C(=O)Nc2ccc(Oc3ccc(F)cc3F)cn2)c1. The highest BCUT2D eigenvalue weighted by Crippen LogP contribution is 2.25. The number of ether oxygens (including phenoxy) is 1. The molecule has 1 unspecified atom stereocenters. The van der Waals surface area contributed by atoms with Gasteiger partial charge in [-0.15, -0.1) is 0 Å². The van der Waals surface area contributed by atoms with Gasteiger partial charge >= 0.3 is 0 Å². The Morgan fingerprint density at radius 3 is 2.61 bits per heavy atom. The Bertz CT molecular complexity index is 1030. The molecule has 1 amide bonds. The lowest BCUT2D eigenvalue weighted by Gasteiger charge is -2.09. The van der Waals surface area contributed by atoms with Crippen LogP contribution in [0.5, 0.6) is 11.5 Å². The molecule has 0 bridgehead atoms. The van der Waals surface area contributed by atoms with Crippen molar-refractivity contribution in [2.45, 2.75) is 0 Å². The summed E-state index contributed by atoms with van der Waals surface area (Å²) in [5.74, 6) is -1.60. The van der Waals surface area contributed by atoms with Gasteiger partial charge in [-0.3, -0.25) is 4.79 Å². The monoisotopic (exact) mass is 403 g/mol. The summed E-state index contributed by atoms with van der Waals surface area (Å²) >= 11 is 0. The van der Waals surface area contributed by atoms with Gasteiger partial charge in [0.15, 0.2) is 11.6 Å². The number of benzene rings is 2. The minimum Gasteiger partial charge on any atom is -0.453 e. The van der Waals surface area contributed by atoms with Crippen molar-refractivity contribution in [2.75, 3.05) is 16.3 Å². The Morgan fingerprint density at radius 2 is 1.93 bits per heavy atom. The number of rotatable bonds is 6. The average molecular weight is 403 g/mol. The van der Waals surface area contributed by atoms with E-state index in [4.69, 9.17) is 4.74 Å². The summed E-state index contributed by atoms with van der Waals surface area (Å²) in [6.07, 6.45) is 2.79. The van der Waals surface area contributed by atoms with Crippen LogP contribution >= 0.6 is 0 Å². The highest BCUT2D eigenvalue weighted by Gasteiger charge is 2.10. The van der Waals surface area contributed by atoms with Gasteiger partial charge in [-0.2, -0.15) is 0 Å². The molecule has 28 heavy (non-hydrogen) atoms. The van der Waals surface area contributed by atoms with E-state index in [2.05, 4.69) is 15.0 Å². The molecule has 0 fully saturated rings. The van der Waals surface area contributed by atoms with Crippen LogP contribution in [0.15, 0.2) is 60.8 Å². The maximum Gasteiger partial charge on any atom is 0.256 e. The van der Waals surface area contributed by atoms with Gasteiger partial charge in [0, 0.05) is 23.6 Å². The van der Waals surface area contributed by atoms with E-state index in [0.29, 0.717) is 17.3 Å². The first kappa shape index (κ1) is 19.4. The number of aromatic nitrogens is 1. The summed E-state index contributed by atoms with van der Waals surface area (Å²) in [7, 11) is -1.25. The molecule has 2 aromatic carbocycles. The van der Waals surface area contributed by atoms with Crippen molar-refractivity contribution in [1.82, 2.24) is 4.98 Å². The second-order valence-corrected chi connectivity index (χ2v) is 6.76. The Kier molecular flexibility index (Phi) is 5.95. The molecule has 1 atom stereocenters. The van der Waals surface area contributed by atoms with Crippen molar-refractivity contribution in [2.24, 2.45) is 0 Å². The number of anilines is 2. The molecular formula is C19H15F2N3O3S. The van der Waals surface area contributed by atoms with E-state index in [-0.39, 0.29) is 17.3 Å². The Morgan fingerprint density at radius 1 is 1.11 bits per heavy atom. The Hall–Kier alpha value is -3.33. The lowest BCUT2D eigenvalue weighted by Crippen LogP contribution is -2.13. The first-order valence-corrected chi connectivity index (χ1v) is 9.57. The summed E-state index contributed by atoms with van der Waals surface area (Å²) in [6.45, 7) is 0. The number of hydrogen-bond donors (Lipinski definition) is 2. The van der Waals surface area contributed by atoms with Gasteiger partial charge in [0.2, 0.25) is 0 Å². The number of pyridine rings is 1. The minimum atomic E-state index is -1.25. The Labute approximate surface area is 162 Å². The highest BCUT2D eigenvalue weighted by atomic mass is 32.2. The van der Waals surface area contributed by atoms with E-state index in [9.17, 15) is 17.8 Å². The maximum atomic E-state index is 13.6. The summed E-state index contributed by atoms with van der Waals surface area (Å²) in [6, 6.07) is 12.5. The zero-order chi connectivity index (χ0) is 20.1. The molecule has 9 heteroatoms. The molecule has 3 aromatic rings. The van der Waals surface area contributed by atoms with Crippen molar-refractivity contribution in [1.29, 1.82) is 0 Å². The molecule has 0 aliphatic rings. The van der Waals surface area contributed by atoms with Gasteiger partial charge in [-0.25, -0.2) is 18.0 Å². The van der Waals surface area contributed by atoms with Crippen LogP contribution in [0.25, 0.3) is 0 Å². The molecule has 0 aliphatic carbocycles. The van der Waals surface area contributed by atoms with Gasteiger partial charge < -0.3 is 14.8 Å². The normalized spacial score (nSPS) is 11.5. The zero-order valence-electron chi connectivity index (χ0n) is 14.6. The molecule has 0 radical (unpaired) electrons. The van der Waals surface area contributed by atoms with Crippen LogP contribution in [0.1, 0.15) is 10.4 Å². The fourth-order valence-corrected chi connectivity index (χ4v) is 2.74. The van der Waals surface area contributed by atoms with Gasteiger partial charge in [-0.05, 0) is 42.5 Å². The Balaban J connectivity index is 1.67. The standard InChI is InChI=1S/C19H15F2N3O3S/c1-28(26)24-14-4-2-3-12(9-14)19(25)23-18-8-6-15(11-22-18)27-17-7-5-13(20)10-16(17)21/h2-11,24H,1H3,(H,22,23,25). The molecule has 3 rings (SSSR count). The van der Waals surface area contributed by atoms with Crippen molar-refractivity contribution in [3.8, 4) is 11.5 Å². The van der Waals surface area contributed by atoms with Crippen LogP contribution in [0.2, 0.25) is 0 Å². The molecule has 1 aromatic heterocycles. The molecule has 0 saturated heterocycles.